The van der Waals surface area contributed by atoms with Crippen molar-refractivity contribution in [1.82, 2.24) is 0 Å². The molecule has 0 N–H and O–H groups in total. The number of carboxylic acid groups (broad SMARTS) is 2. The van der Waals surface area contributed by atoms with Gasteiger partial charge in [0.15, 0.2) is 0 Å². The first kappa shape index (κ1) is 9.03. The number of carboxylic acids is 2. The van der Waals surface area contributed by atoms with E-state index in [1.54, 1.807) is 0 Å². The first-order chi connectivity index (χ1) is 5.61. The van der Waals surface area contributed by atoms with E-state index in [4.69, 9.17) is 0 Å². The van der Waals surface area contributed by atoms with Gasteiger partial charge in [0, 0.05) is 11.9 Å². The van der Waals surface area contributed by atoms with Crippen LogP contribution in [-0.4, -0.2) is 11.9 Å². The quantitative estimate of drug-likeness (QED) is 0.494. The number of carbonyl (C=O) groups is 2. The normalized spacial score (nSPS) is 29.7. The maximum absolute atomic E-state index is 10.4. The van der Waals surface area contributed by atoms with Crippen LogP contribution in [0.4, 0.5) is 0 Å². The third kappa shape index (κ3) is 1.96. The van der Waals surface area contributed by atoms with Crippen molar-refractivity contribution in [3.8, 4) is 0 Å². The van der Waals surface area contributed by atoms with Crippen LogP contribution in [0.1, 0.15) is 25.7 Å². The smallest absolute Gasteiger partial charge is 0.0445 e. The predicted octanol–water partition coefficient (Wildman–Crippen LogP) is -1.71. The van der Waals surface area contributed by atoms with Gasteiger partial charge in [0.2, 0.25) is 0 Å². The van der Waals surface area contributed by atoms with Crippen LogP contribution in [0.5, 0.6) is 0 Å². The second-order valence-corrected chi connectivity index (χ2v) is 3.20. The SMILES string of the molecule is O=C([O-])[C@@H]1CCC[C@H](C(=O)[O-])C1. The topological polar surface area (TPSA) is 80.3 Å². The van der Waals surface area contributed by atoms with E-state index < -0.39 is 23.8 Å². The second-order valence-electron chi connectivity index (χ2n) is 3.20. The Bertz CT molecular complexity index is 179. The van der Waals surface area contributed by atoms with Crippen molar-refractivity contribution >= 4 is 11.9 Å². The van der Waals surface area contributed by atoms with E-state index in [0.29, 0.717) is 19.3 Å². The number of rotatable bonds is 2. The molecule has 2 atom stereocenters. The Balaban J connectivity index is 2.51. The van der Waals surface area contributed by atoms with Gasteiger partial charge in [0.25, 0.3) is 0 Å². The monoisotopic (exact) mass is 170 g/mol. The molecule has 0 aromatic heterocycles. The van der Waals surface area contributed by atoms with Gasteiger partial charge in [-0.1, -0.05) is 6.42 Å². The van der Waals surface area contributed by atoms with E-state index in [0.717, 1.165) is 0 Å². The van der Waals surface area contributed by atoms with E-state index in [1.807, 2.05) is 0 Å². The summed E-state index contributed by atoms with van der Waals surface area (Å²) in [6.45, 7) is 0. The molecule has 12 heavy (non-hydrogen) atoms. The standard InChI is InChI=1S/C8H12O4/c9-7(10)5-2-1-3-6(4-5)8(11)12/h5-6H,1-4H2,(H,9,10)(H,11,12)/p-2/t5-,6+. The van der Waals surface area contributed by atoms with Gasteiger partial charge in [-0.3, -0.25) is 0 Å². The van der Waals surface area contributed by atoms with Gasteiger partial charge < -0.3 is 19.8 Å². The summed E-state index contributed by atoms with van der Waals surface area (Å²) in [5.41, 5.74) is 0. The van der Waals surface area contributed by atoms with Crippen LogP contribution >= 0.6 is 0 Å². The highest BCUT2D eigenvalue weighted by Gasteiger charge is 2.23. The predicted molar refractivity (Wildman–Crippen MR) is 35.5 cm³/mol. The van der Waals surface area contributed by atoms with Crippen LogP contribution in [0.3, 0.4) is 0 Å². The van der Waals surface area contributed by atoms with Crippen LogP contribution < -0.4 is 10.2 Å². The van der Waals surface area contributed by atoms with Crippen LogP contribution in [0.25, 0.3) is 0 Å². The molecular weight excluding hydrogens is 160 g/mol. The summed E-state index contributed by atoms with van der Waals surface area (Å²) >= 11 is 0. The summed E-state index contributed by atoms with van der Waals surface area (Å²) in [5, 5.41) is 20.8. The fraction of sp³-hybridized carbons (Fsp3) is 0.750. The third-order valence-corrected chi connectivity index (χ3v) is 2.34. The van der Waals surface area contributed by atoms with E-state index in [-0.39, 0.29) is 6.42 Å². The van der Waals surface area contributed by atoms with E-state index >= 15 is 0 Å². The lowest BCUT2D eigenvalue weighted by atomic mass is 9.81. The molecule has 4 nitrogen and oxygen atoms in total. The lowest BCUT2D eigenvalue weighted by Crippen LogP contribution is -2.40. The molecule has 4 heteroatoms. The Morgan fingerprint density at radius 1 is 1.00 bits per heavy atom. The van der Waals surface area contributed by atoms with E-state index in [1.165, 1.54) is 0 Å². The number of aliphatic carboxylic acids is 2. The van der Waals surface area contributed by atoms with Crippen LogP contribution in [-0.2, 0) is 9.59 Å². The molecule has 0 bridgehead atoms. The van der Waals surface area contributed by atoms with Crippen molar-refractivity contribution < 1.29 is 19.8 Å². The first-order valence-electron chi connectivity index (χ1n) is 4.03. The molecule has 0 aromatic carbocycles. The number of hydrogen-bond donors (Lipinski definition) is 0. The minimum Gasteiger partial charge on any atom is -0.550 e. The number of carbonyl (C=O) groups excluding carboxylic acids is 2. The molecule has 1 aliphatic carbocycles. The van der Waals surface area contributed by atoms with Crippen LogP contribution in [0, 0.1) is 11.8 Å². The summed E-state index contributed by atoms with van der Waals surface area (Å²) in [5.74, 6) is -3.47. The van der Waals surface area contributed by atoms with Gasteiger partial charge >= 0.3 is 0 Å². The van der Waals surface area contributed by atoms with Crippen molar-refractivity contribution in [2.75, 3.05) is 0 Å². The van der Waals surface area contributed by atoms with E-state index in [2.05, 4.69) is 0 Å². The fourth-order valence-electron chi connectivity index (χ4n) is 1.62. The molecule has 0 unspecified atom stereocenters. The molecule has 0 saturated heterocycles. The molecule has 0 heterocycles. The molecule has 0 spiro atoms. The Kier molecular flexibility index (Phi) is 2.68. The van der Waals surface area contributed by atoms with Gasteiger partial charge in [0.05, 0.1) is 0 Å². The fourth-order valence-corrected chi connectivity index (χ4v) is 1.62. The lowest BCUT2D eigenvalue weighted by molar-refractivity contribution is -0.317. The van der Waals surface area contributed by atoms with E-state index in [9.17, 15) is 19.8 Å². The van der Waals surface area contributed by atoms with Crippen LogP contribution in [0.15, 0.2) is 0 Å². The average Bonchev–Trinajstić information content (AvgIpc) is 2.04. The average molecular weight is 170 g/mol. The van der Waals surface area contributed by atoms with Gasteiger partial charge in [0.1, 0.15) is 0 Å². The molecule has 1 aliphatic rings. The van der Waals surface area contributed by atoms with Crippen LogP contribution in [0.2, 0.25) is 0 Å². The van der Waals surface area contributed by atoms with Crippen molar-refractivity contribution in [3.05, 3.63) is 0 Å². The zero-order valence-electron chi connectivity index (χ0n) is 6.62. The molecule has 1 saturated carbocycles. The van der Waals surface area contributed by atoms with Gasteiger partial charge in [-0.2, -0.15) is 0 Å². The third-order valence-electron chi connectivity index (χ3n) is 2.34. The Hall–Kier alpha value is -1.06. The highest BCUT2D eigenvalue weighted by molar-refractivity contribution is 5.72. The zero-order valence-corrected chi connectivity index (χ0v) is 6.62. The zero-order chi connectivity index (χ0) is 9.14. The molecule has 0 amide bonds. The molecular formula is C8H10O4-2. The Labute approximate surface area is 70.2 Å². The molecule has 1 fully saturated rings. The molecule has 0 aliphatic heterocycles. The molecule has 0 radical (unpaired) electrons. The minimum atomic E-state index is -1.14. The number of hydrogen-bond acceptors (Lipinski definition) is 4. The summed E-state index contributed by atoms with van der Waals surface area (Å²) in [4.78, 5) is 20.8. The van der Waals surface area contributed by atoms with Crippen molar-refractivity contribution in [3.63, 3.8) is 0 Å². The van der Waals surface area contributed by atoms with Crippen molar-refractivity contribution in [2.45, 2.75) is 25.7 Å². The van der Waals surface area contributed by atoms with Crippen molar-refractivity contribution in [2.24, 2.45) is 11.8 Å². The summed E-state index contributed by atoms with van der Waals surface area (Å²) in [7, 11) is 0. The maximum Gasteiger partial charge on any atom is 0.0445 e. The summed E-state index contributed by atoms with van der Waals surface area (Å²) in [6.07, 6.45) is 1.88. The second kappa shape index (κ2) is 3.56. The Morgan fingerprint density at radius 3 is 1.75 bits per heavy atom. The summed E-state index contributed by atoms with van der Waals surface area (Å²) < 4.78 is 0. The summed E-state index contributed by atoms with van der Waals surface area (Å²) in [6, 6.07) is 0. The molecule has 1 rings (SSSR count). The van der Waals surface area contributed by atoms with Gasteiger partial charge in [-0.05, 0) is 31.1 Å². The molecule has 68 valence electrons. The first-order valence-corrected chi connectivity index (χ1v) is 4.03. The maximum atomic E-state index is 10.4. The van der Waals surface area contributed by atoms with Crippen molar-refractivity contribution in [1.29, 1.82) is 0 Å². The molecule has 0 aromatic rings. The Morgan fingerprint density at radius 2 is 1.42 bits per heavy atom. The minimum absolute atomic E-state index is 0.171. The largest absolute Gasteiger partial charge is 0.550 e. The highest BCUT2D eigenvalue weighted by Crippen LogP contribution is 2.28. The van der Waals surface area contributed by atoms with Gasteiger partial charge in [-0.15, -0.1) is 0 Å². The van der Waals surface area contributed by atoms with Gasteiger partial charge in [-0.25, -0.2) is 0 Å². The lowest BCUT2D eigenvalue weighted by Gasteiger charge is -2.29. The highest BCUT2D eigenvalue weighted by atomic mass is 16.4.